The minimum Gasteiger partial charge on any atom is -0.481 e. The van der Waals surface area contributed by atoms with Crippen LogP contribution in [0.15, 0.2) is 0 Å². The average molecular weight is 383 g/mol. The summed E-state index contributed by atoms with van der Waals surface area (Å²) in [4.78, 5) is 23.8. The van der Waals surface area contributed by atoms with Gasteiger partial charge in [-0.2, -0.15) is 0 Å². The third-order valence-electron chi connectivity index (χ3n) is 6.14. The second kappa shape index (κ2) is 13.2. The summed E-state index contributed by atoms with van der Waals surface area (Å²) in [7, 11) is 0. The zero-order valence-corrected chi connectivity index (χ0v) is 18.0. The van der Waals surface area contributed by atoms with Gasteiger partial charge >= 0.3 is 11.9 Å². The lowest BCUT2D eigenvalue weighted by molar-refractivity contribution is -0.158. The van der Waals surface area contributed by atoms with Crippen LogP contribution in [0.25, 0.3) is 0 Å². The van der Waals surface area contributed by atoms with Crippen LogP contribution in [0.4, 0.5) is 0 Å². The van der Waals surface area contributed by atoms with Crippen LogP contribution in [-0.4, -0.2) is 23.1 Å². The van der Waals surface area contributed by atoms with Crippen molar-refractivity contribution in [3.63, 3.8) is 0 Å². The Morgan fingerprint density at radius 2 is 1.59 bits per heavy atom. The molecule has 1 N–H and O–H groups in total. The van der Waals surface area contributed by atoms with Crippen LogP contribution < -0.4 is 0 Å². The molecule has 2 unspecified atom stereocenters. The number of hydrogen-bond acceptors (Lipinski definition) is 3. The first-order chi connectivity index (χ1) is 12.9. The Morgan fingerprint density at radius 1 is 0.963 bits per heavy atom. The molecule has 0 amide bonds. The molecule has 1 saturated carbocycles. The molecular formula is C23H42O4. The van der Waals surface area contributed by atoms with Gasteiger partial charge in [0.25, 0.3) is 0 Å². The third-order valence-corrected chi connectivity index (χ3v) is 6.14. The Kier molecular flexibility index (Phi) is 11.7. The minimum atomic E-state index is -0.727. The van der Waals surface area contributed by atoms with Gasteiger partial charge in [0.15, 0.2) is 0 Å². The van der Waals surface area contributed by atoms with E-state index >= 15 is 0 Å². The highest BCUT2D eigenvalue weighted by Gasteiger charge is 2.32. The van der Waals surface area contributed by atoms with Crippen molar-refractivity contribution in [2.75, 3.05) is 0 Å². The quantitative estimate of drug-likeness (QED) is 0.384. The van der Waals surface area contributed by atoms with Gasteiger partial charge in [0.1, 0.15) is 6.10 Å². The summed E-state index contributed by atoms with van der Waals surface area (Å²) in [6, 6.07) is 0. The van der Waals surface area contributed by atoms with Crippen molar-refractivity contribution in [3.05, 3.63) is 0 Å². The zero-order valence-electron chi connectivity index (χ0n) is 18.0. The van der Waals surface area contributed by atoms with Crippen LogP contribution >= 0.6 is 0 Å². The van der Waals surface area contributed by atoms with E-state index in [0.29, 0.717) is 37.5 Å². The predicted molar refractivity (Wildman–Crippen MR) is 110 cm³/mol. The maximum absolute atomic E-state index is 12.7. The number of unbranched alkanes of at least 4 members (excludes halogenated alkanes) is 1. The molecule has 0 aromatic carbocycles. The van der Waals surface area contributed by atoms with Gasteiger partial charge in [-0.05, 0) is 56.8 Å². The fourth-order valence-corrected chi connectivity index (χ4v) is 4.17. The van der Waals surface area contributed by atoms with Crippen molar-refractivity contribution in [1.29, 1.82) is 0 Å². The number of hydrogen-bond donors (Lipinski definition) is 1. The summed E-state index contributed by atoms with van der Waals surface area (Å²) in [6.07, 6.45) is 11.5. The van der Waals surface area contributed by atoms with E-state index in [1.165, 1.54) is 25.7 Å². The number of ether oxygens (including phenoxy) is 1. The smallest absolute Gasteiger partial charge is 0.309 e. The first-order valence-corrected chi connectivity index (χ1v) is 11.3. The first kappa shape index (κ1) is 24.0. The van der Waals surface area contributed by atoms with E-state index in [9.17, 15) is 9.59 Å². The van der Waals surface area contributed by atoms with Crippen LogP contribution in [-0.2, 0) is 14.3 Å². The topological polar surface area (TPSA) is 63.6 Å². The monoisotopic (exact) mass is 382 g/mol. The van der Waals surface area contributed by atoms with Crippen molar-refractivity contribution in [3.8, 4) is 0 Å². The lowest BCUT2D eigenvalue weighted by Crippen LogP contribution is -2.30. The molecule has 4 nitrogen and oxygen atoms in total. The summed E-state index contributed by atoms with van der Waals surface area (Å²) >= 11 is 0. The van der Waals surface area contributed by atoms with Gasteiger partial charge in [0.2, 0.25) is 0 Å². The number of carbonyl (C=O) groups is 2. The van der Waals surface area contributed by atoms with Crippen molar-refractivity contribution in [2.24, 2.45) is 23.7 Å². The fraction of sp³-hybridized carbons (Fsp3) is 0.913. The van der Waals surface area contributed by atoms with Gasteiger partial charge in [-0.1, -0.05) is 59.8 Å². The maximum Gasteiger partial charge on any atom is 0.309 e. The number of aliphatic carboxylic acids is 1. The van der Waals surface area contributed by atoms with Crippen LogP contribution in [0.1, 0.15) is 105 Å². The highest BCUT2D eigenvalue weighted by atomic mass is 16.5. The van der Waals surface area contributed by atoms with Crippen LogP contribution in [0, 0.1) is 23.7 Å². The second-order valence-electron chi connectivity index (χ2n) is 8.92. The van der Waals surface area contributed by atoms with Crippen LogP contribution in [0.5, 0.6) is 0 Å². The average Bonchev–Trinajstić information content (AvgIpc) is 2.64. The summed E-state index contributed by atoms with van der Waals surface area (Å²) in [5.41, 5.74) is 0. The molecule has 0 spiro atoms. The maximum atomic E-state index is 12.7. The Morgan fingerprint density at radius 3 is 2.11 bits per heavy atom. The summed E-state index contributed by atoms with van der Waals surface area (Å²) in [5.74, 6) is 0.103. The van der Waals surface area contributed by atoms with Crippen LogP contribution in [0.2, 0.25) is 0 Å². The lowest BCUT2D eigenvalue weighted by atomic mass is 9.82. The van der Waals surface area contributed by atoms with E-state index in [4.69, 9.17) is 9.84 Å². The minimum absolute atomic E-state index is 0.0234. The van der Waals surface area contributed by atoms with E-state index in [1.54, 1.807) is 0 Å². The van der Waals surface area contributed by atoms with Gasteiger partial charge in [-0.3, -0.25) is 9.59 Å². The summed E-state index contributed by atoms with van der Waals surface area (Å²) < 4.78 is 5.99. The molecule has 1 aliphatic rings. The number of carbonyl (C=O) groups excluding carboxylic acids is 1. The number of esters is 1. The zero-order chi connectivity index (χ0) is 20.2. The molecular weight excluding hydrogens is 340 g/mol. The van der Waals surface area contributed by atoms with E-state index in [2.05, 4.69) is 27.7 Å². The first-order valence-electron chi connectivity index (χ1n) is 11.3. The standard InChI is InChI=1S/C23H42O4/c1-5-7-10-18(6-2)16-21(11-8-9-17(3)4)27-23(26)20-14-12-19(13-15-20)22(24)25/h17-21H,5-16H2,1-4H3,(H,24,25). The molecule has 0 heterocycles. The molecule has 1 fully saturated rings. The van der Waals surface area contributed by atoms with E-state index in [1.807, 2.05) is 0 Å². The molecule has 2 atom stereocenters. The second-order valence-corrected chi connectivity index (χ2v) is 8.92. The Balaban J connectivity index is 2.57. The highest BCUT2D eigenvalue weighted by molar-refractivity contribution is 5.74. The normalized spacial score (nSPS) is 22.4. The molecule has 0 radical (unpaired) electrons. The van der Waals surface area contributed by atoms with Crippen molar-refractivity contribution in [1.82, 2.24) is 0 Å². The number of rotatable bonds is 13. The predicted octanol–water partition coefficient (Wildman–Crippen LogP) is 6.22. The lowest BCUT2D eigenvalue weighted by Gasteiger charge is -2.28. The molecule has 158 valence electrons. The Labute approximate surface area is 166 Å². The van der Waals surface area contributed by atoms with Gasteiger partial charge < -0.3 is 9.84 Å². The van der Waals surface area contributed by atoms with Gasteiger partial charge in [-0.15, -0.1) is 0 Å². The molecule has 0 bridgehead atoms. The molecule has 0 aliphatic heterocycles. The van der Waals surface area contributed by atoms with Crippen LogP contribution in [0.3, 0.4) is 0 Å². The number of carboxylic acids is 1. The highest BCUT2D eigenvalue weighted by Crippen LogP contribution is 2.31. The Hall–Kier alpha value is -1.06. The largest absolute Gasteiger partial charge is 0.481 e. The SMILES string of the molecule is CCCCC(CC)CC(CCCC(C)C)OC(=O)C1CCC(C(=O)O)CC1. The molecule has 27 heavy (non-hydrogen) atoms. The van der Waals surface area contributed by atoms with Crippen molar-refractivity contribution < 1.29 is 19.4 Å². The molecule has 0 saturated heterocycles. The van der Waals surface area contributed by atoms with Gasteiger partial charge in [0, 0.05) is 0 Å². The third kappa shape index (κ3) is 9.62. The van der Waals surface area contributed by atoms with Gasteiger partial charge in [0.05, 0.1) is 11.8 Å². The molecule has 1 rings (SSSR count). The number of carboxylic acid groups (broad SMARTS) is 1. The molecule has 1 aliphatic carbocycles. The summed E-state index contributed by atoms with van der Waals surface area (Å²) in [5, 5.41) is 9.13. The van der Waals surface area contributed by atoms with E-state index in [-0.39, 0.29) is 23.9 Å². The molecule has 0 aromatic rings. The summed E-state index contributed by atoms with van der Waals surface area (Å²) in [6.45, 7) is 8.93. The van der Waals surface area contributed by atoms with Gasteiger partial charge in [-0.25, -0.2) is 0 Å². The van der Waals surface area contributed by atoms with E-state index < -0.39 is 5.97 Å². The molecule has 4 heteroatoms. The van der Waals surface area contributed by atoms with Crippen molar-refractivity contribution in [2.45, 2.75) is 111 Å². The Bertz CT molecular complexity index is 424. The fourth-order valence-electron chi connectivity index (χ4n) is 4.17. The molecule has 0 aromatic heterocycles. The van der Waals surface area contributed by atoms with E-state index in [0.717, 1.165) is 25.7 Å². The van der Waals surface area contributed by atoms with Crippen molar-refractivity contribution >= 4 is 11.9 Å².